The Bertz CT molecular complexity index is 632. The maximum atomic E-state index is 13.2. The third-order valence-corrected chi connectivity index (χ3v) is 4.38. The van der Waals surface area contributed by atoms with Crippen molar-refractivity contribution in [3.05, 3.63) is 36.7 Å². The van der Waals surface area contributed by atoms with Crippen molar-refractivity contribution in [2.45, 2.75) is 65.0 Å². The van der Waals surface area contributed by atoms with Gasteiger partial charge in [0.05, 0.1) is 19.0 Å². The predicted molar refractivity (Wildman–Crippen MR) is 107 cm³/mol. The van der Waals surface area contributed by atoms with Crippen LogP contribution in [0.25, 0.3) is 11.4 Å². The summed E-state index contributed by atoms with van der Waals surface area (Å²) in [6, 6.07) is 7.37. The number of hydrogen-bond donors (Lipinski definition) is 0. The largest absolute Gasteiger partial charge is 0.491 e. The topological polar surface area (TPSA) is 44.2 Å². The first-order valence-electron chi connectivity index (χ1n) is 10.0. The van der Waals surface area contributed by atoms with Gasteiger partial charge in [-0.2, -0.15) is 0 Å². The van der Waals surface area contributed by atoms with Gasteiger partial charge in [0, 0.05) is 5.56 Å². The van der Waals surface area contributed by atoms with Crippen molar-refractivity contribution in [1.82, 2.24) is 9.97 Å². The van der Waals surface area contributed by atoms with Crippen LogP contribution in [0.4, 0.5) is 4.39 Å². The molecule has 1 unspecified atom stereocenters. The average molecular weight is 375 g/mol. The Balaban J connectivity index is 1.75. The zero-order valence-electron chi connectivity index (χ0n) is 16.5. The summed E-state index contributed by atoms with van der Waals surface area (Å²) in [5.41, 5.74) is 0.886. The quantitative estimate of drug-likeness (QED) is 0.403. The van der Waals surface area contributed by atoms with E-state index in [-0.39, 0.29) is 6.61 Å². The lowest BCUT2D eigenvalue weighted by Gasteiger charge is -2.09. The molecule has 0 aliphatic rings. The molecule has 1 heterocycles. The molecular weight excluding hydrogens is 343 g/mol. The standard InChI is InChI=1S/C22H31FN2O2/c1-3-5-6-7-8-9-14-26-21-15-24-22(25-16-21)18-10-12-20(13-11-18)27-17-19(23)4-2/h10-13,15-16,19H,3-9,14,17H2,1-2H3. The van der Waals surface area contributed by atoms with E-state index in [1.54, 1.807) is 19.3 Å². The lowest BCUT2D eigenvalue weighted by Crippen LogP contribution is -2.11. The molecule has 0 radical (unpaired) electrons. The van der Waals surface area contributed by atoms with Crippen LogP contribution >= 0.6 is 0 Å². The lowest BCUT2D eigenvalue weighted by atomic mass is 10.1. The first-order valence-corrected chi connectivity index (χ1v) is 10.0. The third kappa shape index (κ3) is 7.94. The molecule has 148 valence electrons. The highest BCUT2D eigenvalue weighted by atomic mass is 19.1. The maximum Gasteiger partial charge on any atom is 0.159 e. The molecule has 27 heavy (non-hydrogen) atoms. The van der Waals surface area contributed by atoms with Gasteiger partial charge in [0.15, 0.2) is 11.6 Å². The van der Waals surface area contributed by atoms with Crippen LogP contribution in [-0.2, 0) is 0 Å². The van der Waals surface area contributed by atoms with Crippen molar-refractivity contribution >= 4 is 0 Å². The van der Waals surface area contributed by atoms with Gasteiger partial charge in [-0.05, 0) is 37.1 Å². The summed E-state index contributed by atoms with van der Waals surface area (Å²) in [5, 5.41) is 0. The minimum absolute atomic E-state index is 0.0803. The number of benzene rings is 1. The number of hydrogen-bond acceptors (Lipinski definition) is 4. The monoisotopic (exact) mass is 374 g/mol. The molecule has 0 saturated heterocycles. The molecule has 0 bridgehead atoms. The Morgan fingerprint density at radius 1 is 0.852 bits per heavy atom. The number of nitrogens with zero attached hydrogens (tertiary/aromatic N) is 2. The SMILES string of the molecule is CCCCCCCCOc1cnc(-c2ccc(OCC(F)CC)cc2)nc1. The Kier molecular flexibility index (Phi) is 9.60. The zero-order chi connectivity index (χ0) is 19.3. The molecule has 1 atom stereocenters. The van der Waals surface area contributed by atoms with Gasteiger partial charge in [0.1, 0.15) is 18.5 Å². The molecular formula is C22H31FN2O2. The highest BCUT2D eigenvalue weighted by Gasteiger charge is 2.06. The van der Waals surface area contributed by atoms with Gasteiger partial charge in [0.25, 0.3) is 0 Å². The van der Waals surface area contributed by atoms with E-state index in [0.717, 1.165) is 12.0 Å². The van der Waals surface area contributed by atoms with Gasteiger partial charge < -0.3 is 9.47 Å². The summed E-state index contributed by atoms with van der Waals surface area (Å²) < 4.78 is 24.3. The number of halogens is 1. The van der Waals surface area contributed by atoms with Crippen molar-refractivity contribution < 1.29 is 13.9 Å². The Morgan fingerprint density at radius 3 is 2.19 bits per heavy atom. The summed E-state index contributed by atoms with van der Waals surface area (Å²) in [5.74, 6) is 1.97. The van der Waals surface area contributed by atoms with Crippen LogP contribution in [0, 0.1) is 0 Å². The molecule has 0 fully saturated rings. The summed E-state index contributed by atoms with van der Waals surface area (Å²) in [6.45, 7) is 4.81. The molecule has 2 aromatic rings. The van der Waals surface area contributed by atoms with Gasteiger partial charge >= 0.3 is 0 Å². The molecule has 0 spiro atoms. The highest BCUT2D eigenvalue weighted by molar-refractivity contribution is 5.56. The zero-order valence-corrected chi connectivity index (χ0v) is 16.5. The van der Waals surface area contributed by atoms with E-state index in [1.165, 1.54) is 32.1 Å². The van der Waals surface area contributed by atoms with Crippen molar-refractivity contribution in [2.75, 3.05) is 13.2 Å². The fourth-order valence-corrected chi connectivity index (χ4v) is 2.62. The number of aromatic nitrogens is 2. The van der Waals surface area contributed by atoms with E-state index in [0.29, 0.717) is 30.4 Å². The summed E-state index contributed by atoms with van der Waals surface area (Å²) in [7, 11) is 0. The van der Waals surface area contributed by atoms with E-state index in [4.69, 9.17) is 9.47 Å². The summed E-state index contributed by atoms with van der Waals surface area (Å²) >= 11 is 0. The predicted octanol–water partition coefficient (Wildman–Crippen LogP) is 6.01. The molecule has 2 rings (SSSR count). The second-order valence-corrected chi connectivity index (χ2v) is 6.70. The average Bonchev–Trinajstić information content (AvgIpc) is 2.72. The maximum absolute atomic E-state index is 13.2. The summed E-state index contributed by atoms with van der Waals surface area (Å²) in [4.78, 5) is 8.74. The smallest absolute Gasteiger partial charge is 0.159 e. The van der Waals surface area contributed by atoms with E-state index < -0.39 is 6.17 Å². The first kappa shape index (κ1) is 21.1. The lowest BCUT2D eigenvalue weighted by molar-refractivity contribution is 0.192. The van der Waals surface area contributed by atoms with Crippen molar-refractivity contribution in [3.63, 3.8) is 0 Å². The molecule has 0 saturated carbocycles. The highest BCUT2D eigenvalue weighted by Crippen LogP contribution is 2.21. The van der Waals surface area contributed by atoms with E-state index in [9.17, 15) is 4.39 Å². The fraction of sp³-hybridized carbons (Fsp3) is 0.545. The number of alkyl halides is 1. The van der Waals surface area contributed by atoms with Crippen LogP contribution in [-0.4, -0.2) is 29.4 Å². The molecule has 5 heteroatoms. The Labute approximate surface area is 162 Å². The van der Waals surface area contributed by atoms with Crippen LogP contribution in [0.5, 0.6) is 11.5 Å². The van der Waals surface area contributed by atoms with E-state index in [2.05, 4.69) is 16.9 Å². The minimum atomic E-state index is -0.933. The molecule has 0 aliphatic heterocycles. The second kappa shape index (κ2) is 12.3. The van der Waals surface area contributed by atoms with Crippen molar-refractivity contribution in [2.24, 2.45) is 0 Å². The van der Waals surface area contributed by atoms with Crippen LogP contribution in [0.3, 0.4) is 0 Å². The molecule has 0 aliphatic carbocycles. The van der Waals surface area contributed by atoms with Crippen molar-refractivity contribution in [1.29, 1.82) is 0 Å². The Hall–Kier alpha value is -2.17. The fourth-order valence-electron chi connectivity index (χ4n) is 2.62. The Morgan fingerprint density at radius 2 is 1.52 bits per heavy atom. The number of unbranched alkanes of at least 4 members (excludes halogenated alkanes) is 5. The minimum Gasteiger partial charge on any atom is -0.491 e. The summed E-state index contributed by atoms with van der Waals surface area (Å²) in [6.07, 6.45) is 10.4. The first-order chi connectivity index (χ1) is 13.2. The van der Waals surface area contributed by atoms with Crippen LogP contribution in [0.2, 0.25) is 0 Å². The van der Waals surface area contributed by atoms with Crippen LogP contribution < -0.4 is 9.47 Å². The van der Waals surface area contributed by atoms with E-state index in [1.807, 2.05) is 24.3 Å². The molecule has 0 N–H and O–H groups in total. The number of rotatable bonds is 13. The van der Waals surface area contributed by atoms with Crippen LogP contribution in [0.15, 0.2) is 36.7 Å². The van der Waals surface area contributed by atoms with Gasteiger partial charge in [-0.15, -0.1) is 0 Å². The van der Waals surface area contributed by atoms with E-state index >= 15 is 0 Å². The van der Waals surface area contributed by atoms with Gasteiger partial charge in [-0.25, -0.2) is 14.4 Å². The van der Waals surface area contributed by atoms with Crippen molar-refractivity contribution in [3.8, 4) is 22.9 Å². The van der Waals surface area contributed by atoms with Gasteiger partial charge in [-0.1, -0.05) is 46.0 Å². The van der Waals surface area contributed by atoms with Crippen LogP contribution in [0.1, 0.15) is 58.8 Å². The number of ether oxygens (including phenoxy) is 2. The van der Waals surface area contributed by atoms with Gasteiger partial charge in [0.2, 0.25) is 0 Å². The normalized spacial score (nSPS) is 12.0. The molecule has 4 nitrogen and oxygen atoms in total. The molecule has 0 amide bonds. The third-order valence-electron chi connectivity index (χ3n) is 4.38. The van der Waals surface area contributed by atoms with Gasteiger partial charge in [-0.3, -0.25) is 0 Å². The molecule has 1 aromatic carbocycles. The molecule has 1 aromatic heterocycles. The second-order valence-electron chi connectivity index (χ2n) is 6.70.